The third kappa shape index (κ3) is 10.3. The number of unbranched alkanes of at least 4 members (excludes halogenated alkanes) is 1. The minimum Gasteiger partial charge on any atom is -0.463 e. The molecule has 7 nitrogen and oxygen atoms in total. The molecular weight excluding hydrogens is 449 g/mol. The molecule has 0 aliphatic rings. The fraction of sp³-hybridized carbons (Fsp3) is 0.722. The van der Waals surface area contributed by atoms with Crippen molar-refractivity contribution in [3.05, 3.63) is 23.7 Å². The van der Waals surface area contributed by atoms with Gasteiger partial charge in [0, 0.05) is 26.8 Å². The second-order valence-corrected chi connectivity index (χ2v) is 6.12. The topological polar surface area (TPSA) is 88.3 Å². The predicted octanol–water partition coefficient (Wildman–Crippen LogP) is 2.41. The maximum atomic E-state index is 10.5. The molecule has 0 aromatic carbocycles. The Balaban J connectivity index is 0.00000625. The van der Waals surface area contributed by atoms with Crippen LogP contribution in [0, 0.1) is 6.92 Å². The minimum atomic E-state index is -1.13. The summed E-state index contributed by atoms with van der Waals surface area (Å²) in [5.74, 6) is 1.99. The molecule has 1 aromatic rings. The molecular formula is C18H34IN3O4. The fourth-order valence-corrected chi connectivity index (χ4v) is 2.16. The Bertz CT molecular complexity index is 506. The highest BCUT2D eigenvalue weighted by Gasteiger charge is 2.26. The van der Waals surface area contributed by atoms with E-state index in [9.17, 15) is 5.11 Å². The summed E-state index contributed by atoms with van der Waals surface area (Å²) in [5, 5.41) is 17.0. The Morgan fingerprint density at radius 3 is 2.62 bits per heavy atom. The third-order valence-corrected chi connectivity index (χ3v) is 3.60. The number of ether oxygens (including phenoxy) is 2. The van der Waals surface area contributed by atoms with Crippen LogP contribution in [0.3, 0.4) is 0 Å². The molecule has 26 heavy (non-hydrogen) atoms. The van der Waals surface area contributed by atoms with Crippen molar-refractivity contribution in [2.45, 2.75) is 39.2 Å². The molecule has 0 aliphatic carbocycles. The summed E-state index contributed by atoms with van der Waals surface area (Å²) < 4.78 is 15.9. The van der Waals surface area contributed by atoms with E-state index in [-0.39, 0.29) is 30.5 Å². The number of guanidine groups is 1. The number of nitrogens with zero attached hydrogens (tertiary/aromatic N) is 1. The molecule has 152 valence electrons. The van der Waals surface area contributed by atoms with Crippen molar-refractivity contribution in [3.63, 3.8) is 0 Å². The van der Waals surface area contributed by atoms with E-state index in [1.807, 2.05) is 19.9 Å². The molecule has 0 fully saturated rings. The molecule has 0 bridgehead atoms. The Morgan fingerprint density at radius 1 is 1.23 bits per heavy atom. The first-order valence-electron chi connectivity index (χ1n) is 8.87. The van der Waals surface area contributed by atoms with Crippen molar-refractivity contribution in [2.75, 3.05) is 46.6 Å². The van der Waals surface area contributed by atoms with Gasteiger partial charge in [0.25, 0.3) is 0 Å². The van der Waals surface area contributed by atoms with E-state index < -0.39 is 5.60 Å². The number of furan rings is 1. The standard InChI is InChI=1S/C18H33N3O4.HI/c1-5-19-17(20-10-6-7-11-24-13-12-23-4)21-14-18(3,22)16-9-8-15(2)25-16;/h8-9,22H,5-7,10-14H2,1-4H3,(H2,19,20,21);1H. The highest BCUT2D eigenvalue weighted by atomic mass is 127. The largest absolute Gasteiger partial charge is 0.463 e. The Kier molecular flexibility index (Phi) is 13.8. The molecule has 0 amide bonds. The zero-order chi connectivity index (χ0) is 18.5. The molecule has 0 saturated heterocycles. The van der Waals surface area contributed by atoms with E-state index in [0.717, 1.165) is 38.3 Å². The van der Waals surface area contributed by atoms with Gasteiger partial charge >= 0.3 is 0 Å². The van der Waals surface area contributed by atoms with Gasteiger partial charge in [-0.2, -0.15) is 0 Å². The summed E-state index contributed by atoms with van der Waals surface area (Å²) in [6, 6.07) is 3.63. The number of aliphatic imine (C=N–C) groups is 1. The van der Waals surface area contributed by atoms with Crippen LogP contribution < -0.4 is 10.6 Å². The van der Waals surface area contributed by atoms with Gasteiger partial charge in [0.1, 0.15) is 17.1 Å². The smallest absolute Gasteiger partial charge is 0.191 e. The van der Waals surface area contributed by atoms with Crippen LogP contribution in [0.2, 0.25) is 0 Å². The van der Waals surface area contributed by atoms with Crippen LogP contribution in [0.4, 0.5) is 0 Å². The van der Waals surface area contributed by atoms with E-state index in [1.165, 1.54) is 0 Å². The van der Waals surface area contributed by atoms with Crippen molar-refractivity contribution in [1.82, 2.24) is 10.6 Å². The summed E-state index contributed by atoms with van der Waals surface area (Å²) in [4.78, 5) is 4.47. The van der Waals surface area contributed by atoms with Gasteiger partial charge in [-0.25, -0.2) is 4.99 Å². The monoisotopic (exact) mass is 483 g/mol. The van der Waals surface area contributed by atoms with E-state index >= 15 is 0 Å². The van der Waals surface area contributed by atoms with Crippen molar-refractivity contribution in [2.24, 2.45) is 4.99 Å². The van der Waals surface area contributed by atoms with Crippen molar-refractivity contribution < 1.29 is 19.0 Å². The molecule has 0 radical (unpaired) electrons. The molecule has 1 aromatic heterocycles. The number of hydrogen-bond acceptors (Lipinski definition) is 5. The number of aryl methyl sites for hydroxylation is 1. The summed E-state index contributed by atoms with van der Waals surface area (Å²) in [6.45, 7) is 9.33. The summed E-state index contributed by atoms with van der Waals surface area (Å²) in [7, 11) is 1.67. The fourth-order valence-electron chi connectivity index (χ4n) is 2.16. The number of methoxy groups -OCH3 is 1. The molecule has 1 atom stereocenters. The molecule has 0 spiro atoms. The number of aliphatic hydroxyl groups is 1. The van der Waals surface area contributed by atoms with Crippen LogP contribution in [-0.4, -0.2) is 57.6 Å². The first kappa shape index (κ1) is 25.2. The highest BCUT2D eigenvalue weighted by molar-refractivity contribution is 14.0. The van der Waals surface area contributed by atoms with Gasteiger partial charge in [0.15, 0.2) is 5.96 Å². The Labute approximate surface area is 173 Å². The summed E-state index contributed by atoms with van der Waals surface area (Å²) >= 11 is 0. The molecule has 3 N–H and O–H groups in total. The maximum absolute atomic E-state index is 10.5. The lowest BCUT2D eigenvalue weighted by Crippen LogP contribution is -2.39. The van der Waals surface area contributed by atoms with Gasteiger partial charge in [0.2, 0.25) is 0 Å². The number of halogens is 1. The van der Waals surface area contributed by atoms with Gasteiger partial charge in [-0.3, -0.25) is 0 Å². The van der Waals surface area contributed by atoms with Crippen molar-refractivity contribution in [1.29, 1.82) is 0 Å². The molecule has 8 heteroatoms. The summed E-state index contributed by atoms with van der Waals surface area (Å²) in [5.41, 5.74) is -1.13. The number of hydrogen-bond donors (Lipinski definition) is 3. The van der Waals surface area contributed by atoms with Crippen LogP contribution in [0.15, 0.2) is 21.5 Å². The Morgan fingerprint density at radius 2 is 2.00 bits per heavy atom. The average molecular weight is 483 g/mol. The average Bonchev–Trinajstić information content (AvgIpc) is 3.02. The van der Waals surface area contributed by atoms with E-state index in [4.69, 9.17) is 13.9 Å². The van der Waals surface area contributed by atoms with Crippen LogP contribution in [0.5, 0.6) is 0 Å². The zero-order valence-corrected chi connectivity index (χ0v) is 18.7. The van der Waals surface area contributed by atoms with Crippen LogP contribution in [0.1, 0.15) is 38.2 Å². The van der Waals surface area contributed by atoms with Gasteiger partial charge in [0.05, 0.1) is 19.8 Å². The normalized spacial score (nSPS) is 13.8. The van der Waals surface area contributed by atoms with E-state index in [0.29, 0.717) is 24.9 Å². The lowest BCUT2D eigenvalue weighted by molar-refractivity contribution is 0.0428. The SMILES string of the molecule is CCNC(=NCC(C)(O)c1ccc(C)o1)NCCCCOCCOC.I. The first-order valence-corrected chi connectivity index (χ1v) is 8.87. The first-order chi connectivity index (χ1) is 12.0. The number of rotatable bonds is 12. The second-order valence-electron chi connectivity index (χ2n) is 6.12. The van der Waals surface area contributed by atoms with E-state index in [2.05, 4.69) is 15.6 Å². The Hall–Kier alpha value is -0.840. The maximum Gasteiger partial charge on any atom is 0.191 e. The quantitative estimate of drug-likeness (QED) is 0.183. The van der Waals surface area contributed by atoms with Gasteiger partial charge < -0.3 is 29.6 Å². The van der Waals surface area contributed by atoms with Crippen LogP contribution >= 0.6 is 24.0 Å². The summed E-state index contributed by atoms with van der Waals surface area (Å²) in [6.07, 6.45) is 1.95. The zero-order valence-electron chi connectivity index (χ0n) is 16.3. The lowest BCUT2D eigenvalue weighted by Gasteiger charge is -2.19. The molecule has 0 aliphatic heterocycles. The van der Waals surface area contributed by atoms with Crippen LogP contribution in [0.25, 0.3) is 0 Å². The predicted molar refractivity (Wildman–Crippen MR) is 114 cm³/mol. The third-order valence-electron chi connectivity index (χ3n) is 3.60. The molecule has 1 rings (SSSR count). The van der Waals surface area contributed by atoms with Gasteiger partial charge in [-0.1, -0.05) is 0 Å². The highest BCUT2D eigenvalue weighted by Crippen LogP contribution is 2.22. The van der Waals surface area contributed by atoms with E-state index in [1.54, 1.807) is 20.1 Å². The molecule has 1 heterocycles. The van der Waals surface area contributed by atoms with Crippen molar-refractivity contribution in [3.8, 4) is 0 Å². The lowest BCUT2D eigenvalue weighted by atomic mass is 10.0. The van der Waals surface area contributed by atoms with Crippen molar-refractivity contribution >= 4 is 29.9 Å². The van der Waals surface area contributed by atoms with Crippen LogP contribution in [-0.2, 0) is 15.1 Å². The van der Waals surface area contributed by atoms with Gasteiger partial charge in [-0.15, -0.1) is 24.0 Å². The molecule has 1 unspecified atom stereocenters. The molecule has 0 saturated carbocycles. The number of nitrogens with one attached hydrogen (secondary N) is 2. The van der Waals surface area contributed by atoms with Gasteiger partial charge in [-0.05, 0) is 45.7 Å². The minimum absolute atomic E-state index is 0. The second kappa shape index (κ2) is 14.2.